The Morgan fingerprint density at radius 3 is 2.12 bits per heavy atom. The molecule has 2 aromatic carbocycles. The highest BCUT2D eigenvalue weighted by Crippen LogP contribution is 2.23. The molecule has 2 aromatic rings. The minimum absolute atomic E-state index is 0.206. The van der Waals surface area contributed by atoms with Gasteiger partial charge in [-0.05, 0) is 38.5 Å². The van der Waals surface area contributed by atoms with Crippen molar-refractivity contribution in [2.75, 3.05) is 0 Å². The maximum absolute atomic E-state index is 8.32. The molecule has 0 aliphatic rings. The summed E-state index contributed by atoms with van der Waals surface area (Å²) in [4.78, 5) is 0. The van der Waals surface area contributed by atoms with Gasteiger partial charge in [-0.2, -0.15) is 0 Å². The van der Waals surface area contributed by atoms with E-state index in [2.05, 4.69) is 81.9 Å². The van der Waals surface area contributed by atoms with E-state index in [1.54, 1.807) is 0 Å². The lowest BCUT2D eigenvalue weighted by molar-refractivity contribution is 0.122. The fraction of sp³-hybridized carbons (Fsp3) is 0.429. The van der Waals surface area contributed by atoms with Gasteiger partial charge in [-0.15, -0.1) is 0 Å². The summed E-state index contributed by atoms with van der Waals surface area (Å²) >= 11 is 0. The zero-order chi connectivity index (χ0) is 18.3. The summed E-state index contributed by atoms with van der Waals surface area (Å²) in [5.41, 5.74) is -0.206. The van der Waals surface area contributed by atoms with Gasteiger partial charge in [-0.3, -0.25) is 0 Å². The molecule has 1 unspecified atom stereocenters. The van der Waals surface area contributed by atoms with Gasteiger partial charge in [0.05, 0.1) is 8.80 Å². The van der Waals surface area contributed by atoms with Gasteiger partial charge < -0.3 is 4.43 Å². The van der Waals surface area contributed by atoms with Crippen molar-refractivity contribution in [3.63, 3.8) is 0 Å². The van der Waals surface area contributed by atoms with Gasteiger partial charge in [-0.1, -0.05) is 84.9 Å². The van der Waals surface area contributed by atoms with Gasteiger partial charge in [0.1, 0.15) is 0 Å². The van der Waals surface area contributed by atoms with Crippen LogP contribution in [0.15, 0.2) is 60.7 Å². The van der Waals surface area contributed by atoms with Crippen LogP contribution in [0, 0.1) is 0 Å². The molecule has 129 valence electrons. The summed E-state index contributed by atoms with van der Waals surface area (Å²) in [5.74, 6) is 0. The topological polar surface area (TPSA) is 9.23 Å². The van der Waals surface area contributed by atoms with Gasteiger partial charge >= 0.3 is 0 Å². The second-order valence-electron chi connectivity index (χ2n) is 7.57. The summed E-state index contributed by atoms with van der Waals surface area (Å²) in [6, 6.07) is 23.7. The SMILES string of the molecule is [2H]C[Si](CCC[Si](C)c1ccccc1)(OC(C)(C)C)c1ccccc1. The van der Waals surface area contributed by atoms with Crippen LogP contribution in [0.25, 0.3) is 0 Å². The molecule has 0 saturated heterocycles. The zero-order valence-corrected chi connectivity index (χ0v) is 17.5. The van der Waals surface area contributed by atoms with Crippen LogP contribution in [0.2, 0.25) is 25.2 Å². The molecule has 24 heavy (non-hydrogen) atoms. The molecular weight excluding hydrogens is 324 g/mol. The number of hydrogen-bond donors (Lipinski definition) is 0. The van der Waals surface area contributed by atoms with E-state index in [1.165, 1.54) is 16.4 Å². The van der Waals surface area contributed by atoms with Gasteiger partial charge in [0.25, 0.3) is 0 Å². The molecule has 1 nitrogen and oxygen atoms in total. The Labute approximate surface area is 152 Å². The molecular formula is C21H31OSi2. The van der Waals surface area contributed by atoms with E-state index in [4.69, 9.17) is 5.80 Å². The molecule has 3 heteroatoms. The standard InChI is InChI=1S/C21H31OSi2/c1-21(2,3)22-24(5,20-15-10-7-11-16-20)18-12-17-23(4)19-13-8-6-9-14-19/h6-11,13-16H,12,17-18H2,1-5H3/i5D. The van der Waals surface area contributed by atoms with E-state index < -0.39 is 17.1 Å². The molecule has 1 radical (unpaired) electrons. The Balaban J connectivity index is 2.11. The normalized spacial score (nSPS) is 15.1. The molecule has 2 rings (SSSR count). The van der Waals surface area contributed by atoms with E-state index in [-0.39, 0.29) is 5.60 Å². The molecule has 0 spiro atoms. The molecule has 0 N–H and O–H groups in total. The molecule has 0 aliphatic carbocycles. The van der Waals surface area contributed by atoms with Gasteiger partial charge in [0.15, 0.2) is 0 Å². The average Bonchev–Trinajstić information content (AvgIpc) is 2.61. The summed E-state index contributed by atoms with van der Waals surface area (Å²) in [6.45, 7) is 9.15. The van der Waals surface area contributed by atoms with Crippen molar-refractivity contribution in [1.82, 2.24) is 0 Å². The molecule has 0 saturated carbocycles. The molecule has 0 amide bonds. The van der Waals surface area contributed by atoms with Crippen LogP contribution >= 0.6 is 0 Å². The van der Waals surface area contributed by atoms with Crippen molar-refractivity contribution in [2.24, 2.45) is 0 Å². The fourth-order valence-electron chi connectivity index (χ4n) is 3.09. The van der Waals surface area contributed by atoms with Crippen LogP contribution in [0.1, 0.15) is 28.6 Å². The third-order valence-electron chi connectivity index (χ3n) is 4.20. The summed E-state index contributed by atoms with van der Waals surface area (Å²) in [7, 11) is -2.78. The van der Waals surface area contributed by atoms with Gasteiger partial charge in [0, 0.05) is 6.97 Å². The van der Waals surface area contributed by atoms with Crippen molar-refractivity contribution < 1.29 is 5.80 Å². The van der Waals surface area contributed by atoms with E-state index in [0.717, 1.165) is 12.5 Å². The molecule has 0 bridgehead atoms. The third kappa shape index (κ3) is 5.73. The predicted octanol–water partition coefficient (Wildman–Crippen LogP) is 4.71. The van der Waals surface area contributed by atoms with Crippen LogP contribution in [0.4, 0.5) is 0 Å². The molecule has 0 heterocycles. The summed E-state index contributed by atoms with van der Waals surface area (Å²) in [6.07, 6.45) is 1.15. The maximum Gasteiger partial charge on any atom is 0.221 e. The smallest absolute Gasteiger partial charge is 0.221 e. The summed E-state index contributed by atoms with van der Waals surface area (Å²) < 4.78 is 14.9. The summed E-state index contributed by atoms with van der Waals surface area (Å²) in [5, 5.41) is 2.77. The van der Waals surface area contributed by atoms with Crippen molar-refractivity contribution in [2.45, 2.75) is 58.0 Å². The van der Waals surface area contributed by atoms with Crippen molar-refractivity contribution >= 4 is 27.5 Å². The van der Waals surface area contributed by atoms with Crippen LogP contribution < -0.4 is 10.4 Å². The highest BCUT2D eigenvalue weighted by atomic mass is 28.4. The molecule has 1 atom stereocenters. The minimum Gasteiger partial charge on any atom is -0.408 e. The lowest BCUT2D eigenvalue weighted by Crippen LogP contribution is -2.52. The van der Waals surface area contributed by atoms with Crippen LogP contribution in [0.5, 0.6) is 0 Å². The second-order valence-corrected chi connectivity index (χ2v) is 13.5. The first-order chi connectivity index (χ1) is 11.9. The fourth-order valence-corrected chi connectivity index (χ4v) is 8.43. The average molecular weight is 357 g/mol. The van der Waals surface area contributed by atoms with Crippen LogP contribution in [0.3, 0.4) is 0 Å². The predicted molar refractivity (Wildman–Crippen MR) is 110 cm³/mol. The quantitative estimate of drug-likeness (QED) is 0.653. The number of rotatable bonds is 7. The largest absolute Gasteiger partial charge is 0.408 e. The first kappa shape index (κ1) is 17.7. The highest BCUT2D eigenvalue weighted by molar-refractivity contribution is 6.85. The van der Waals surface area contributed by atoms with Crippen molar-refractivity contribution in [3.05, 3.63) is 60.7 Å². The zero-order valence-electron chi connectivity index (χ0n) is 16.5. The monoisotopic (exact) mass is 356 g/mol. The Hall–Kier alpha value is -1.17. The Morgan fingerprint density at radius 2 is 1.58 bits per heavy atom. The third-order valence-corrected chi connectivity index (χ3v) is 10.2. The van der Waals surface area contributed by atoms with E-state index in [1.807, 2.05) is 6.07 Å². The highest BCUT2D eigenvalue weighted by Gasteiger charge is 2.35. The van der Waals surface area contributed by atoms with Crippen LogP contribution in [-0.4, -0.2) is 22.7 Å². The molecule has 0 aliphatic heterocycles. The Morgan fingerprint density at radius 1 is 1.00 bits per heavy atom. The van der Waals surface area contributed by atoms with E-state index >= 15 is 0 Å². The molecule has 0 aromatic heterocycles. The van der Waals surface area contributed by atoms with E-state index in [0.29, 0.717) is 6.52 Å². The Kier molecular flexibility index (Phi) is 6.09. The van der Waals surface area contributed by atoms with E-state index in [9.17, 15) is 0 Å². The van der Waals surface area contributed by atoms with Crippen LogP contribution in [-0.2, 0) is 4.43 Å². The number of hydrogen-bond acceptors (Lipinski definition) is 1. The van der Waals surface area contributed by atoms with Crippen molar-refractivity contribution in [3.8, 4) is 0 Å². The number of benzene rings is 2. The van der Waals surface area contributed by atoms with Gasteiger partial charge in [0.2, 0.25) is 8.32 Å². The maximum atomic E-state index is 8.32. The molecule has 0 fully saturated rings. The lowest BCUT2D eigenvalue weighted by atomic mass is 10.2. The lowest BCUT2D eigenvalue weighted by Gasteiger charge is -2.36. The van der Waals surface area contributed by atoms with Crippen molar-refractivity contribution in [1.29, 1.82) is 0 Å². The first-order valence-electron chi connectivity index (χ1n) is 9.50. The Bertz CT molecular complexity index is 627. The first-order valence-corrected chi connectivity index (χ1v) is 13.3. The second kappa shape index (κ2) is 8.28. The van der Waals surface area contributed by atoms with Gasteiger partial charge in [-0.25, -0.2) is 0 Å². The minimum atomic E-state index is -2.27.